The minimum Gasteiger partial charge on any atom is -0.507 e. The van der Waals surface area contributed by atoms with Gasteiger partial charge >= 0.3 is 11.3 Å². The van der Waals surface area contributed by atoms with Crippen LogP contribution in [0.15, 0.2) is 40.8 Å². The Kier molecular flexibility index (Phi) is 5.67. The SMILES string of the molecule is OC[C@H]1O[C@@H](Oc2cc(O)c3cc(O)c(-c4ccc(O)c(O)c4)[o+]c3c2)[C@H](O)[C@@H](O)[C@@H]1O. The van der Waals surface area contributed by atoms with Crippen molar-refractivity contribution in [2.24, 2.45) is 0 Å². The van der Waals surface area contributed by atoms with Crippen LogP contribution in [-0.4, -0.2) is 78.2 Å². The van der Waals surface area contributed by atoms with Crippen molar-refractivity contribution in [1.82, 2.24) is 0 Å². The first kappa shape index (κ1) is 21.9. The highest BCUT2D eigenvalue weighted by Gasteiger charge is 2.44. The van der Waals surface area contributed by atoms with Crippen molar-refractivity contribution in [2.45, 2.75) is 30.7 Å². The third kappa shape index (κ3) is 3.83. The molecule has 1 aromatic heterocycles. The van der Waals surface area contributed by atoms with Crippen molar-refractivity contribution in [3.8, 4) is 40.1 Å². The number of benzene rings is 2. The number of aliphatic hydroxyl groups is 4. The first-order valence-corrected chi connectivity index (χ1v) is 9.52. The molecule has 2 heterocycles. The topological polar surface area (TPSA) is 192 Å². The average molecular weight is 449 g/mol. The van der Waals surface area contributed by atoms with Crippen LogP contribution in [0.4, 0.5) is 0 Å². The summed E-state index contributed by atoms with van der Waals surface area (Å²) in [7, 11) is 0. The Balaban J connectivity index is 1.71. The van der Waals surface area contributed by atoms with Gasteiger partial charge in [0.1, 0.15) is 41.3 Å². The molecule has 4 rings (SSSR count). The van der Waals surface area contributed by atoms with Gasteiger partial charge in [0.2, 0.25) is 12.0 Å². The summed E-state index contributed by atoms with van der Waals surface area (Å²) in [5.41, 5.74) is 0.282. The molecule has 2 aromatic carbocycles. The monoisotopic (exact) mass is 449 g/mol. The van der Waals surface area contributed by atoms with Crippen LogP contribution < -0.4 is 4.74 Å². The lowest BCUT2D eigenvalue weighted by atomic mass is 9.99. The summed E-state index contributed by atoms with van der Waals surface area (Å²) in [5, 5.41) is 79.2. The molecule has 3 aromatic rings. The second-order valence-corrected chi connectivity index (χ2v) is 7.33. The predicted molar refractivity (Wildman–Crippen MR) is 107 cm³/mol. The van der Waals surface area contributed by atoms with Crippen LogP contribution in [0, 0.1) is 0 Å². The first-order valence-electron chi connectivity index (χ1n) is 9.52. The minimum absolute atomic E-state index is 0.0463. The summed E-state index contributed by atoms with van der Waals surface area (Å²) in [4.78, 5) is 0. The van der Waals surface area contributed by atoms with Gasteiger partial charge < -0.3 is 50.3 Å². The van der Waals surface area contributed by atoms with Crippen LogP contribution in [0.25, 0.3) is 22.3 Å². The molecule has 1 aliphatic rings. The van der Waals surface area contributed by atoms with Crippen LogP contribution in [0.1, 0.15) is 0 Å². The first-order chi connectivity index (χ1) is 15.2. The number of aromatic hydroxyl groups is 4. The Morgan fingerprint density at radius 3 is 2.25 bits per heavy atom. The maximum Gasteiger partial charge on any atom is 0.402 e. The van der Waals surface area contributed by atoms with E-state index in [1.54, 1.807) is 0 Å². The molecule has 1 fully saturated rings. The number of phenolic OH excluding ortho intramolecular Hbond substituents is 3. The number of phenols is 3. The van der Waals surface area contributed by atoms with Gasteiger partial charge in [0, 0.05) is 18.2 Å². The van der Waals surface area contributed by atoms with E-state index in [2.05, 4.69) is 0 Å². The number of hydrogen-bond acceptors (Lipinski definition) is 10. The van der Waals surface area contributed by atoms with Crippen molar-refractivity contribution in [2.75, 3.05) is 6.61 Å². The molecular weight excluding hydrogens is 428 g/mol. The second-order valence-electron chi connectivity index (χ2n) is 7.33. The molecule has 8 N–H and O–H groups in total. The zero-order valence-electron chi connectivity index (χ0n) is 16.4. The normalized spacial score (nSPS) is 25.7. The summed E-state index contributed by atoms with van der Waals surface area (Å²) in [6.45, 7) is -0.634. The molecule has 11 nitrogen and oxygen atoms in total. The lowest BCUT2D eigenvalue weighted by Crippen LogP contribution is -2.60. The molecule has 170 valence electrons. The molecule has 1 aliphatic heterocycles. The summed E-state index contributed by atoms with van der Waals surface area (Å²) < 4.78 is 16.5. The van der Waals surface area contributed by atoms with Crippen LogP contribution in [0.2, 0.25) is 0 Å². The van der Waals surface area contributed by atoms with Gasteiger partial charge in [-0.05, 0) is 12.1 Å². The van der Waals surface area contributed by atoms with Crippen LogP contribution in [0.5, 0.6) is 28.7 Å². The molecule has 0 spiro atoms. The molecule has 0 amide bonds. The summed E-state index contributed by atoms with van der Waals surface area (Å²) in [6.07, 6.45) is -7.51. The van der Waals surface area contributed by atoms with E-state index in [1.165, 1.54) is 30.3 Å². The number of ether oxygens (including phenoxy) is 2. The highest BCUT2D eigenvalue weighted by atomic mass is 16.7. The molecule has 32 heavy (non-hydrogen) atoms. The van der Waals surface area contributed by atoms with Gasteiger partial charge in [-0.2, -0.15) is 0 Å². The van der Waals surface area contributed by atoms with E-state index in [1.807, 2.05) is 0 Å². The highest BCUT2D eigenvalue weighted by molar-refractivity contribution is 5.88. The van der Waals surface area contributed by atoms with E-state index < -0.39 is 43.1 Å². The quantitative estimate of drug-likeness (QED) is 0.203. The van der Waals surface area contributed by atoms with Crippen LogP contribution >= 0.6 is 0 Å². The van der Waals surface area contributed by atoms with Gasteiger partial charge in [0.05, 0.1) is 18.2 Å². The Morgan fingerprint density at radius 2 is 1.56 bits per heavy atom. The lowest BCUT2D eigenvalue weighted by Gasteiger charge is -2.39. The Hall–Kier alpha value is -3.35. The van der Waals surface area contributed by atoms with Gasteiger partial charge in [-0.1, -0.05) is 0 Å². The molecular formula is C21H21O11+. The maximum absolute atomic E-state index is 10.3. The van der Waals surface area contributed by atoms with Crippen molar-refractivity contribution < 1.29 is 54.7 Å². The van der Waals surface area contributed by atoms with Crippen LogP contribution in [0.3, 0.4) is 0 Å². The fourth-order valence-corrected chi connectivity index (χ4v) is 3.42. The molecule has 0 saturated carbocycles. The third-order valence-corrected chi connectivity index (χ3v) is 5.16. The number of fused-ring (bicyclic) bond motifs is 1. The molecule has 5 atom stereocenters. The fourth-order valence-electron chi connectivity index (χ4n) is 3.42. The molecule has 1 saturated heterocycles. The number of rotatable bonds is 4. The average Bonchev–Trinajstić information content (AvgIpc) is 2.76. The standard InChI is InChI=1S/C21H20O11/c22-7-16-17(27)18(28)19(29)21(32-16)30-9-4-12(24)10-6-14(26)20(31-15(10)5-9)8-1-2-11(23)13(25)3-8/h1-6,16-19,21-22,27-29H,7H2,(H3-,23,24,25,26)/p+1/t16-,17-,18+,19-,21-/m1/s1. The van der Waals surface area contributed by atoms with Crippen molar-refractivity contribution in [3.05, 3.63) is 36.4 Å². The van der Waals surface area contributed by atoms with Crippen molar-refractivity contribution in [1.29, 1.82) is 0 Å². The second kappa shape index (κ2) is 8.30. The summed E-state index contributed by atoms with van der Waals surface area (Å²) in [5.74, 6) is -1.60. The Labute approximate surface area is 180 Å². The van der Waals surface area contributed by atoms with E-state index in [0.717, 1.165) is 6.07 Å². The summed E-state index contributed by atoms with van der Waals surface area (Å²) >= 11 is 0. The van der Waals surface area contributed by atoms with E-state index in [0.29, 0.717) is 0 Å². The van der Waals surface area contributed by atoms with Gasteiger partial charge in [-0.25, -0.2) is 4.42 Å². The maximum atomic E-state index is 10.3. The van der Waals surface area contributed by atoms with E-state index in [4.69, 9.17) is 13.9 Å². The van der Waals surface area contributed by atoms with Crippen LogP contribution in [-0.2, 0) is 4.74 Å². The van der Waals surface area contributed by atoms with Gasteiger partial charge in [-0.15, -0.1) is 0 Å². The van der Waals surface area contributed by atoms with Crippen molar-refractivity contribution >= 4 is 11.0 Å². The van der Waals surface area contributed by atoms with E-state index >= 15 is 0 Å². The zero-order valence-corrected chi connectivity index (χ0v) is 16.4. The smallest absolute Gasteiger partial charge is 0.402 e. The molecule has 0 aliphatic carbocycles. The van der Waals surface area contributed by atoms with Gasteiger partial charge in [0.25, 0.3) is 0 Å². The number of aliphatic hydroxyl groups excluding tert-OH is 4. The van der Waals surface area contributed by atoms with E-state index in [9.17, 15) is 40.9 Å². The third-order valence-electron chi connectivity index (χ3n) is 5.16. The molecule has 0 bridgehead atoms. The molecule has 11 heteroatoms. The largest absolute Gasteiger partial charge is 0.507 e. The molecule has 0 radical (unpaired) electrons. The zero-order chi connectivity index (χ0) is 23.2. The predicted octanol–water partition coefficient (Wildman–Crippen LogP) is 0.382. The lowest BCUT2D eigenvalue weighted by molar-refractivity contribution is -0.277. The highest BCUT2D eigenvalue weighted by Crippen LogP contribution is 2.41. The number of hydrogen-bond donors (Lipinski definition) is 8. The Morgan fingerprint density at radius 1 is 0.812 bits per heavy atom. The fraction of sp³-hybridized carbons (Fsp3) is 0.286. The molecule has 0 unspecified atom stereocenters. The van der Waals surface area contributed by atoms with Crippen molar-refractivity contribution in [3.63, 3.8) is 0 Å². The van der Waals surface area contributed by atoms with E-state index in [-0.39, 0.29) is 45.3 Å². The minimum atomic E-state index is -1.65. The summed E-state index contributed by atoms with van der Waals surface area (Å²) in [6, 6.07) is 7.48. The van der Waals surface area contributed by atoms with Gasteiger partial charge in [-0.3, -0.25) is 0 Å². The van der Waals surface area contributed by atoms with Gasteiger partial charge in [0.15, 0.2) is 11.5 Å². The Bertz CT molecular complexity index is 1150.